The number of carboxylic acids is 1. The molecule has 2 rings (SSSR count). The molecule has 0 aliphatic heterocycles. The quantitative estimate of drug-likeness (QED) is 0.545. The lowest BCUT2D eigenvalue weighted by molar-refractivity contribution is -0.150. The van der Waals surface area contributed by atoms with Gasteiger partial charge in [0, 0.05) is 12.8 Å². The monoisotopic (exact) mass is 399 g/mol. The molecule has 0 saturated carbocycles. The smallest absolute Gasteiger partial charge is 0.320 e. The van der Waals surface area contributed by atoms with E-state index in [9.17, 15) is 14.4 Å². The molecule has 0 radical (unpaired) electrons. The molecule has 0 aromatic heterocycles. The average molecular weight is 399 g/mol. The standard InChI is InChI=1S/C22H25NO6/c24-20(25)15-23(16-21(26)28-13-11-18-7-3-1-4-8-18)17-22(27)29-14-12-19-9-5-2-6-10-19/h1-10H,11-17H2,(H,24,25). The maximum Gasteiger partial charge on any atom is 0.320 e. The van der Waals surface area contributed by atoms with Gasteiger partial charge in [0.15, 0.2) is 0 Å². The second kappa shape index (κ2) is 12.3. The van der Waals surface area contributed by atoms with E-state index in [2.05, 4.69) is 0 Å². The third kappa shape index (κ3) is 9.53. The van der Waals surface area contributed by atoms with Crippen molar-refractivity contribution in [1.82, 2.24) is 4.90 Å². The molecular formula is C22H25NO6. The zero-order valence-corrected chi connectivity index (χ0v) is 16.2. The van der Waals surface area contributed by atoms with Crippen LogP contribution in [0, 0.1) is 0 Å². The highest BCUT2D eigenvalue weighted by Gasteiger charge is 2.19. The summed E-state index contributed by atoms with van der Waals surface area (Å²) in [6.45, 7) is -0.679. The van der Waals surface area contributed by atoms with Crippen LogP contribution in [-0.4, -0.2) is 60.8 Å². The van der Waals surface area contributed by atoms with Crippen LogP contribution in [0.15, 0.2) is 60.7 Å². The van der Waals surface area contributed by atoms with Crippen molar-refractivity contribution in [1.29, 1.82) is 0 Å². The summed E-state index contributed by atoms with van der Waals surface area (Å²) in [5.41, 5.74) is 2.06. The number of hydrogen-bond acceptors (Lipinski definition) is 6. The van der Waals surface area contributed by atoms with Crippen molar-refractivity contribution in [3.05, 3.63) is 71.8 Å². The number of nitrogens with zero attached hydrogens (tertiary/aromatic N) is 1. The van der Waals surface area contributed by atoms with Crippen LogP contribution in [0.2, 0.25) is 0 Å². The fourth-order valence-electron chi connectivity index (χ4n) is 2.67. The van der Waals surface area contributed by atoms with Gasteiger partial charge >= 0.3 is 17.9 Å². The molecule has 29 heavy (non-hydrogen) atoms. The van der Waals surface area contributed by atoms with Crippen molar-refractivity contribution in [2.75, 3.05) is 32.8 Å². The van der Waals surface area contributed by atoms with E-state index in [1.54, 1.807) is 0 Å². The van der Waals surface area contributed by atoms with Crippen LogP contribution in [0.1, 0.15) is 11.1 Å². The Kier molecular flexibility index (Phi) is 9.38. The first-order chi connectivity index (χ1) is 14.0. The van der Waals surface area contributed by atoms with Crippen molar-refractivity contribution in [2.45, 2.75) is 12.8 Å². The summed E-state index contributed by atoms with van der Waals surface area (Å²) in [6.07, 6.45) is 1.13. The molecule has 0 bridgehead atoms. The zero-order valence-electron chi connectivity index (χ0n) is 16.2. The maximum atomic E-state index is 12.0. The maximum absolute atomic E-state index is 12.0. The molecular weight excluding hydrogens is 374 g/mol. The van der Waals surface area contributed by atoms with Crippen LogP contribution < -0.4 is 0 Å². The lowest BCUT2D eigenvalue weighted by Crippen LogP contribution is -2.39. The van der Waals surface area contributed by atoms with E-state index in [1.165, 1.54) is 4.90 Å². The molecule has 0 atom stereocenters. The molecule has 0 saturated heterocycles. The second-order valence-corrected chi connectivity index (χ2v) is 6.45. The number of carboxylic acid groups (broad SMARTS) is 1. The number of esters is 2. The van der Waals surface area contributed by atoms with E-state index in [4.69, 9.17) is 14.6 Å². The fourth-order valence-corrected chi connectivity index (χ4v) is 2.67. The minimum atomic E-state index is -1.14. The van der Waals surface area contributed by atoms with E-state index >= 15 is 0 Å². The Labute approximate surface area is 169 Å². The van der Waals surface area contributed by atoms with Crippen molar-refractivity contribution < 1.29 is 29.0 Å². The van der Waals surface area contributed by atoms with E-state index in [0.717, 1.165) is 11.1 Å². The van der Waals surface area contributed by atoms with Crippen molar-refractivity contribution >= 4 is 17.9 Å². The normalized spacial score (nSPS) is 10.5. The molecule has 0 unspecified atom stereocenters. The third-order valence-corrected chi connectivity index (χ3v) is 4.06. The number of ether oxygens (including phenoxy) is 2. The molecule has 1 N–H and O–H groups in total. The summed E-state index contributed by atoms with van der Waals surface area (Å²) in [4.78, 5) is 36.2. The van der Waals surface area contributed by atoms with Gasteiger partial charge in [-0.15, -0.1) is 0 Å². The molecule has 0 heterocycles. The van der Waals surface area contributed by atoms with Crippen LogP contribution in [0.5, 0.6) is 0 Å². The van der Waals surface area contributed by atoms with Gasteiger partial charge in [-0.1, -0.05) is 60.7 Å². The zero-order chi connectivity index (χ0) is 20.9. The third-order valence-electron chi connectivity index (χ3n) is 4.06. The average Bonchev–Trinajstić information content (AvgIpc) is 2.69. The molecule has 7 nitrogen and oxygen atoms in total. The first kappa shape index (κ1) is 22.1. The first-order valence-corrected chi connectivity index (χ1v) is 9.36. The number of hydrogen-bond donors (Lipinski definition) is 1. The Bertz CT molecular complexity index is 719. The molecule has 154 valence electrons. The van der Waals surface area contributed by atoms with E-state index in [0.29, 0.717) is 12.8 Å². The van der Waals surface area contributed by atoms with Crippen LogP contribution in [-0.2, 0) is 36.7 Å². The van der Waals surface area contributed by atoms with Crippen LogP contribution in [0.25, 0.3) is 0 Å². The minimum absolute atomic E-state index is 0.186. The molecule has 0 fully saturated rings. The SMILES string of the molecule is O=C(O)CN(CC(=O)OCCc1ccccc1)CC(=O)OCCc1ccccc1. The predicted molar refractivity (Wildman–Crippen MR) is 106 cm³/mol. The molecule has 0 spiro atoms. The summed E-state index contributed by atoms with van der Waals surface area (Å²) >= 11 is 0. The van der Waals surface area contributed by atoms with Gasteiger partial charge in [-0.25, -0.2) is 0 Å². The Morgan fingerprint density at radius 2 is 1.10 bits per heavy atom. The topological polar surface area (TPSA) is 93.1 Å². The highest BCUT2D eigenvalue weighted by atomic mass is 16.5. The fraction of sp³-hybridized carbons (Fsp3) is 0.318. The van der Waals surface area contributed by atoms with Gasteiger partial charge in [0.2, 0.25) is 0 Å². The number of benzene rings is 2. The van der Waals surface area contributed by atoms with Gasteiger partial charge in [-0.05, 0) is 11.1 Å². The molecule has 0 aliphatic rings. The van der Waals surface area contributed by atoms with Crippen LogP contribution in [0.4, 0.5) is 0 Å². The van der Waals surface area contributed by atoms with E-state index in [-0.39, 0.29) is 26.3 Å². The lowest BCUT2D eigenvalue weighted by Gasteiger charge is -2.18. The lowest BCUT2D eigenvalue weighted by atomic mass is 10.2. The Morgan fingerprint density at radius 1 is 0.690 bits per heavy atom. The van der Waals surface area contributed by atoms with Gasteiger partial charge in [0.1, 0.15) is 0 Å². The molecule has 2 aromatic rings. The number of aliphatic carboxylic acids is 1. The van der Waals surface area contributed by atoms with E-state index in [1.807, 2.05) is 60.7 Å². The largest absolute Gasteiger partial charge is 0.480 e. The Balaban J connectivity index is 1.72. The van der Waals surface area contributed by atoms with Gasteiger partial charge in [-0.3, -0.25) is 19.3 Å². The number of carbonyl (C=O) groups is 3. The predicted octanol–water partition coefficient (Wildman–Crippen LogP) is 1.94. The summed E-state index contributed by atoms with van der Waals surface area (Å²) in [5.74, 6) is -2.31. The second-order valence-electron chi connectivity index (χ2n) is 6.45. The van der Waals surface area contributed by atoms with Crippen molar-refractivity contribution in [2.24, 2.45) is 0 Å². The molecule has 7 heteroatoms. The van der Waals surface area contributed by atoms with Crippen LogP contribution in [0.3, 0.4) is 0 Å². The molecule has 2 aromatic carbocycles. The highest BCUT2D eigenvalue weighted by Crippen LogP contribution is 2.02. The van der Waals surface area contributed by atoms with Crippen molar-refractivity contribution in [3.63, 3.8) is 0 Å². The van der Waals surface area contributed by atoms with E-state index < -0.39 is 24.5 Å². The summed E-state index contributed by atoms with van der Waals surface area (Å²) in [6, 6.07) is 19.1. The van der Waals surface area contributed by atoms with Crippen molar-refractivity contribution in [3.8, 4) is 0 Å². The van der Waals surface area contributed by atoms with Gasteiger partial charge in [0.05, 0.1) is 32.8 Å². The Hall–Kier alpha value is -3.19. The first-order valence-electron chi connectivity index (χ1n) is 9.36. The molecule has 0 aliphatic carbocycles. The van der Waals surface area contributed by atoms with Gasteiger partial charge in [-0.2, -0.15) is 0 Å². The number of rotatable bonds is 12. The van der Waals surface area contributed by atoms with Gasteiger partial charge in [0.25, 0.3) is 0 Å². The highest BCUT2D eigenvalue weighted by molar-refractivity contribution is 5.77. The van der Waals surface area contributed by atoms with Gasteiger partial charge < -0.3 is 14.6 Å². The molecule has 0 amide bonds. The summed E-state index contributed by atoms with van der Waals surface area (Å²) in [7, 11) is 0. The summed E-state index contributed by atoms with van der Waals surface area (Å²) in [5, 5.41) is 9.01. The minimum Gasteiger partial charge on any atom is -0.480 e. The summed E-state index contributed by atoms with van der Waals surface area (Å²) < 4.78 is 10.3. The number of carbonyl (C=O) groups excluding carboxylic acids is 2. The Morgan fingerprint density at radius 3 is 1.48 bits per heavy atom. The van der Waals surface area contributed by atoms with Crippen LogP contribution >= 0.6 is 0 Å².